The van der Waals surface area contributed by atoms with Crippen molar-refractivity contribution < 1.29 is 18.0 Å². The van der Waals surface area contributed by atoms with Crippen LogP contribution in [0, 0.1) is 0 Å². The minimum Gasteiger partial charge on any atom is -0.333 e. The molecule has 0 saturated carbocycles. The Bertz CT molecular complexity index is 410. The van der Waals surface area contributed by atoms with E-state index in [1.54, 1.807) is 37.6 Å². The highest BCUT2D eigenvalue weighted by molar-refractivity contribution is 7.07. The van der Waals surface area contributed by atoms with Gasteiger partial charge in [0.1, 0.15) is 6.54 Å². The van der Waals surface area contributed by atoms with Crippen molar-refractivity contribution in [3.63, 3.8) is 0 Å². The van der Waals surface area contributed by atoms with E-state index >= 15 is 0 Å². The molecule has 0 aromatic carbocycles. The number of carbonyl (C=O) groups excluding carboxylic acids is 1. The summed E-state index contributed by atoms with van der Waals surface area (Å²) in [5.74, 6) is 0. The van der Waals surface area contributed by atoms with Crippen LogP contribution in [0.1, 0.15) is 26.3 Å². The summed E-state index contributed by atoms with van der Waals surface area (Å²) in [5, 5.41) is 6.04. The van der Waals surface area contributed by atoms with E-state index in [0.29, 0.717) is 5.56 Å². The van der Waals surface area contributed by atoms with Crippen molar-refractivity contribution >= 4 is 17.4 Å². The lowest BCUT2D eigenvalue weighted by atomic mass is 10.1. The van der Waals surface area contributed by atoms with Gasteiger partial charge in [-0.25, -0.2) is 4.79 Å². The minimum atomic E-state index is -4.41. The summed E-state index contributed by atoms with van der Waals surface area (Å²) < 4.78 is 37.5. The van der Waals surface area contributed by atoms with E-state index < -0.39 is 24.3 Å². The molecule has 0 spiro atoms. The smallest absolute Gasteiger partial charge is 0.333 e. The molecule has 0 radical (unpaired) electrons. The van der Waals surface area contributed by atoms with Gasteiger partial charge in [-0.15, -0.1) is 0 Å². The zero-order chi connectivity index (χ0) is 14.7. The summed E-state index contributed by atoms with van der Waals surface area (Å²) in [6, 6.07) is 0.995. The van der Waals surface area contributed by atoms with Gasteiger partial charge in [0.15, 0.2) is 0 Å². The second kappa shape index (κ2) is 5.81. The van der Waals surface area contributed by atoms with Crippen LogP contribution in [0.4, 0.5) is 18.0 Å². The number of rotatable bonds is 3. The first-order valence-corrected chi connectivity index (χ1v) is 6.66. The highest BCUT2D eigenvalue weighted by Gasteiger charge is 2.34. The fraction of sp³-hybridized carbons (Fsp3) is 0.583. The van der Waals surface area contributed by atoms with E-state index in [0.717, 1.165) is 4.90 Å². The lowest BCUT2D eigenvalue weighted by Crippen LogP contribution is -2.50. The van der Waals surface area contributed by atoms with Gasteiger partial charge < -0.3 is 10.2 Å². The number of thiophene rings is 1. The average Bonchev–Trinajstić information content (AvgIpc) is 2.64. The number of hydrogen-bond donors (Lipinski definition) is 1. The quantitative estimate of drug-likeness (QED) is 0.907. The second-order valence-electron chi connectivity index (χ2n) is 5.28. The van der Waals surface area contributed by atoms with E-state index in [9.17, 15) is 18.0 Å². The SMILES string of the molecule is CC(C)(C)NC(=O)N(Cc1ccsc1)CC(F)(F)F. The third kappa shape index (κ3) is 6.47. The van der Waals surface area contributed by atoms with E-state index in [1.165, 1.54) is 11.3 Å². The zero-order valence-corrected chi connectivity index (χ0v) is 11.9. The van der Waals surface area contributed by atoms with E-state index in [1.807, 2.05) is 0 Å². The fourth-order valence-electron chi connectivity index (χ4n) is 1.42. The number of alkyl halides is 3. The van der Waals surface area contributed by atoms with E-state index in [4.69, 9.17) is 0 Å². The molecular weight excluding hydrogens is 277 g/mol. The lowest BCUT2D eigenvalue weighted by molar-refractivity contribution is -0.141. The third-order valence-corrected chi connectivity index (χ3v) is 2.82. The number of nitrogens with zero attached hydrogens (tertiary/aromatic N) is 1. The molecule has 0 fully saturated rings. The maximum atomic E-state index is 12.5. The molecule has 0 atom stereocenters. The van der Waals surface area contributed by atoms with Gasteiger partial charge in [0.2, 0.25) is 0 Å². The number of hydrogen-bond acceptors (Lipinski definition) is 2. The summed E-state index contributed by atoms with van der Waals surface area (Å²) in [7, 11) is 0. The Labute approximate surface area is 114 Å². The zero-order valence-electron chi connectivity index (χ0n) is 11.0. The van der Waals surface area contributed by atoms with Gasteiger partial charge in [0, 0.05) is 12.1 Å². The largest absolute Gasteiger partial charge is 0.406 e. The van der Waals surface area contributed by atoms with Crippen molar-refractivity contribution in [2.75, 3.05) is 6.54 Å². The molecule has 1 N–H and O–H groups in total. The highest BCUT2D eigenvalue weighted by atomic mass is 32.1. The molecule has 2 amide bonds. The Morgan fingerprint density at radius 2 is 2.00 bits per heavy atom. The van der Waals surface area contributed by atoms with Crippen molar-refractivity contribution in [1.29, 1.82) is 0 Å². The first-order chi connectivity index (χ1) is 8.57. The molecule has 0 saturated heterocycles. The predicted octanol–water partition coefficient (Wildman–Crippen LogP) is 3.62. The van der Waals surface area contributed by atoms with Gasteiger partial charge in [0.25, 0.3) is 0 Å². The Hall–Kier alpha value is -1.24. The molecule has 0 aliphatic rings. The first-order valence-electron chi connectivity index (χ1n) is 5.72. The van der Waals surface area contributed by atoms with Crippen molar-refractivity contribution in [2.45, 2.75) is 39.0 Å². The van der Waals surface area contributed by atoms with Crippen LogP contribution in [-0.4, -0.2) is 29.2 Å². The molecule has 1 aromatic heterocycles. The number of carbonyl (C=O) groups is 1. The summed E-state index contributed by atoms with van der Waals surface area (Å²) in [4.78, 5) is 12.7. The summed E-state index contributed by atoms with van der Waals surface area (Å²) in [6.07, 6.45) is -4.41. The number of urea groups is 1. The highest BCUT2D eigenvalue weighted by Crippen LogP contribution is 2.19. The monoisotopic (exact) mass is 294 g/mol. The number of halogens is 3. The minimum absolute atomic E-state index is 0.0507. The molecule has 0 bridgehead atoms. The third-order valence-electron chi connectivity index (χ3n) is 2.09. The lowest BCUT2D eigenvalue weighted by Gasteiger charge is -2.29. The van der Waals surface area contributed by atoms with Gasteiger partial charge in [0.05, 0.1) is 0 Å². The van der Waals surface area contributed by atoms with Crippen LogP contribution >= 0.6 is 11.3 Å². The Morgan fingerprint density at radius 3 is 2.42 bits per heavy atom. The molecule has 1 rings (SSSR count). The van der Waals surface area contributed by atoms with E-state index in [2.05, 4.69) is 5.32 Å². The van der Waals surface area contributed by atoms with E-state index in [-0.39, 0.29) is 6.54 Å². The van der Waals surface area contributed by atoms with Gasteiger partial charge in [-0.05, 0) is 43.2 Å². The normalized spacial score (nSPS) is 12.3. The molecule has 0 aliphatic carbocycles. The molecule has 1 aromatic rings. The van der Waals surface area contributed by atoms with Crippen LogP contribution in [0.3, 0.4) is 0 Å². The Kier molecular flexibility index (Phi) is 4.84. The summed E-state index contributed by atoms with van der Waals surface area (Å²) >= 11 is 1.38. The molecule has 0 aliphatic heterocycles. The Morgan fingerprint density at radius 1 is 1.37 bits per heavy atom. The molecule has 7 heteroatoms. The van der Waals surface area contributed by atoms with Gasteiger partial charge in [-0.1, -0.05) is 0 Å². The molecule has 3 nitrogen and oxygen atoms in total. The maximum Gasteiger partial charge on any atom is 0.406 e. The Balaban J connectivity index is 2.77. The summed E-state index contributed by atoms with van der Waals surface area (Å²) in [6.45, 7) is 3.86. The molecular formula is C12H17F3N2OS. The molecule has 0 unspecified atom stereocenters. The number of nitrogens with one attached hydrogen (secondary N) is 1. The van der Waals surface area contributed by atoms with Crippen LogP contribution < -0.4 is 5.32 Å². The second-order valence-corrected chi connectivity index (χ2v) is 6.06. The van der Waals surface area contributed by atoms with Gasteiger partial charge in [-0.3, -0.25) is 0 Å². The van der Waals surface area contributed by atoms with Crippen LogP contribution in [0.2, 0.25) is 0 Å². The molecule has 19 heavy (non-hydrogen) atoms. The standard InChI is InChI=1S/C12H17F3N2OS/c1-11(2,3)16-10(18)17(8-12(13,14)15)6-9-4-5-19-7-9/h4-5,7H,6,8H2,1-3H3,(H,16,18). The van der Waals surface area contributed by atoms with Crippen molar-refractivity contribution in [3.8, 4) is 0 Å². The summed E-state index contributed by atoms with van der Waals surface area (Å²) in [5.41, 5.74) is 0.119. The van der Waals surface area contributed by atoms with Gasteiger partial charge >= 0.3 is 12.2 Å². The average molecular weight is 294 g/mol. The first kappa shape index (κ1) is 15.8. The van der Waals surface area contributed by atoms with Crippen LogP contribution in [0.25, 0.3) is 0 Å². The predicted molar refractivity (Wildman–Crippen MR) is 69.1 cm³/mol. The fourth-order valence-corrected chi connectivity index (χ4v) is 2.08. The van der Waals surface area contributed by atoms with Gasteiger partial charge in [-0.2, -0.15) is 24.5 Å². The topological polar surface area (TPSA) is 32.3 Å². The van der Waals surface area contributed by atoms with Crippen molar-refractivity contribution in [3.05, 3.63) is 22.4 Å². The van der Waals surface area contributed by atoms with Crippen LogP contribution in [0.15, 0.2) is 16.8 Å². The molecule has 1 heterocycles. The van der Waals surface area contributed by atoms with Crippen LogP contribution in [0.5, 0.6) is 0 Å². The maximum absolute atomic E-state index is 12.5. The molecule has 108 valence electrons. The van der Waals surface area contributed by atoms with Crippen molar-refractivity contribution in [1.82, 2.24) is 10.2 Å². The number of amides is 2. The van der Waals surface area contributed by atoms with Crippen molar-refractivity contribution in [2.24, 2.45) is 0 Å². The van der Waals surface area contributed by atoms with Crippen LogP contribution in [-0.2, 0) is 6.54 Å².